The number of benzene rings is 1. The Bertz CT molecular complexity index is 1120. The van der Waals surface area contributed by atoms with Crippen molar-refractivity contribution in [1.29, 1.82) is 0 Å². The van der Waals surface area contributed by atoms with Gasteiger partial charge >= 0.3 is 6.09 Å². The molecule has 1 aliphatic rings. The summed E-state index contributed by atoms with van der Waals surface area (Å²) in [7, 11) is 0. The maximum atomic E-state index is 12.9. The number of nitrogens with zero attached hydrogens (tertiary/aromatic N) is 4. The molecule has 1 aromatic carbocycles. The number of anilines is 1. The Morgan fingerprint density at radius 2 is 1.84 bits per heavy atom. The summed E-state index contributed by atoms with van der Waals surface area (Å²) in [5.41, 5.74) is 8.54. The van der Waals surface area contributed by atoms with E-state index in [0.717, 1.165) is 24.0 Å². The van der Waals surface area contributed by atoms with E-state index in [-0.39, 0.29) is 18.2 Å². The highest BCUT2D eigenvalue weighted by Gasteiger charge is 2.30. The van der Waals surface area contributed by atoms with Crippen LogP contribution in [0.1, 0.15) is 70.7 Å². The van der Waals surface area contributed by atoms with Crippen molar-refractivity contribution in [1.82, 2.24) is 14.6 Å². The smallest absolute Gasteiger partial charge is 0.417 e. The number of aromatic nitrogens is 3. The number of ether oxygens (including phenoxy) is 2. The van der Waals surface area contributed by atoms with Gasteiger partial charge in [0.05, 0.1) is 6.20 Å². The number of carbonyl (C=O) groups is 1. The summed E-state index contributed by atoms with van der Waals surface area (Å²) in [6.45, 7) is 9.34. The first-order chi connectivity index (χ1) is 15.1. The van der Waals surface area contributed by atoms with Crippen molar-refractivity contribution in [3.05, 3.63) is 53.7 Å². The summed E-state index contributed by atoms with van der Waals surface area (Å²) in [6, 6.07) is 11.7. The zero-order valence-electron chi connectivity index (χ0n) is 19.3. The highest BCUT2D eigenvalue weighted by molar-refractivity contribution is 5.86. The van der Waals surface area contributed by atoms with Gasteiger partial charge in [-0.15, -0.1) is 10.2 Å². The zero-order chi connectivity index (χ0) is 23.0. The SMILES string of the molecule is CC(C)N(C(=O)OC(C)(C)C)c1nnc2ccc(OC3CC[C@H](N)c4ccccc43)cn12. The molecule has 3 aromatic rings. The third kappa shape index (κ3) is 4.41. The first kappa shape index (κ1) is 22.1. The molecule has 0 saturated heterocycles. The van der Waals surface area contributed by atoms with Gasteiger partial charge in [-0.2, -0.15) is 0 Å². The van der Waals surface area contributed by atoms with Crippen LogP contribution < -0.4 is 15.4 Å². The van der Waals surface area contributed by atoms with Gasteiger partial charge in [0.25, 0.3) is 0 Å². The van der Waals surface area contributed by atoms with Crippen LogP contribution in [0.4, 0.5) is 10.7 Å². The molecule has 0 radical (unpaired) electrons. The Labute approximate surface area is 188 Å². The Kier molecular flexibility index (Phi) is 5.81. The Hall–Kier alpha value is -3.13. The molecule has 32 heavy (non-hydrogen) atoms. The minimum Gasteiger partial charge on any atom is -0.484 e. The number of amides is 1. The van der Waals surface area contributed by atoms with Gasteiger partial charge in [0.1, 0.15) is 17.5 Å². The number of fused-ring (bicyclic) bond motifs is 2. The third-order valence-electron chi connectivity index (χ3n) is 5.44. The van der Waals surface area contributed by atoms with E-state index in [2.05, 4.69) is 22.3 Å². The van der Waals surface area contributed by atoms with Crippen molar-refractivity contribution >= 4 is 17.7 Å². The zero-order valence-corrected chi connectivity index (χ0v) is 19.3. The van der Waals surface area contributed by atoms with Gasteiger partial charge in [-0.25, -0.2) is 9.69 Å². The van der Waals surface area contributed by atoms with Gasteiger partial charge in [0.15, 0.2) is 5.65 Å². The van der Waals surface area contributed by atoms with Crippen molar-refractivity contribution in [2.24, 2.45) is 5.73 Å². The van der Waals surface area contributed by atoms with Crippen molar-refractivity contribution in [3.63, 3.8) is 0 Å². The Balaban J connectivity index is 1.66. The maximum Gasteiger partial charge on any atom is 0.417 e. The van der Waals surface area contributed by atoms with E-state index < -0.39 is 11.7 Å². The molecule has 4 rings (SSSR count). The van der Waals surface area contributed by atoms with E-state index in [0.29, 0.717) is 17.3 Å². The number of pyridine rings is 1. The lowest BCUT2D eigenvalue weighted by Gasteiger charge is -2.30. The minimum absolute atomic E-state index is 0.0337. The molecule has 1 unspecified atom stereocenters. The van der Waals surface area contributed by atoms with E-state index in [1.54, 1.807) is 4.40 Å². The summed E-state index contributed by atoms with van der Waals surface area (Å²) in [5, 5.41) is 8.49. The summed E-state index contributed by atoms with van der Waals surface area (Å²) in [5.74, 6) is 1.06. The quantitative estimate of drug-likeness (QED) is 0.630. The minimum atomic E-state index is -0.617. The van der Waals surface area contributed by atoms with Crippen molar-refractivity contribution in [3.8, 4) is 5.75 Å². The molecule has 0 fully saturated rings. The van der Waals surface area contributed by atoms with E-state index in [9.17, 15) is 4.79 Å². The lowest BCUT2D eigenvalue weighted by Crippen LogP contribution is -2.42. The van der Waals surface area contributed by atoms with Gasteiger partial charge in [0, 0.05) is 12.1 Å². The highest BCUT2D eigenvalue weighted by Crippen LogP contribution is 2.37. The molecule has 2 heterocycles. The van der Waals surface area contributed by atoms with Crippen LogP contribution >= 0.6 is 0 Å². The summed E-state index contributed by atoms with van der Waals surface area (Å²) >= 11 is 0. The number of carbonyl (C=O) groups excluding carboxylic acids is 1. The van der Waals surface area contributed by atoms with E-state index in [1.165, 1.54) is 4.90 Å². The fourth-order valence-electron chi connectivity index (χ4n) is 4.00. The molecule has 1 amide bonds. The fraction of sp³-hybridized carbons (Fsp3) is 0.458. The van der Waals surface area contributed by atoms with Crippen LogP contribution in [0.25, 0.3) is 5.65 Å². The monoisotopic (exact) mass is 437 g/mol. The Morgan fingerprint density at radius 3 is 2.53 bits per heavy atom. The second kappa shape index (κ2) is 8.43. The van der Waals surface area contributed by atoms with Crippen molar-refractivity contribution < 1.29 is 14.3 Å². The van der Waals surface area contributed by atoms with Crippen LogP contribution in [0.3, 0.4) is 0 Å². The molecule has 8 nitrogen and oxygen atoms in total. The number of rotatable bonds is 4. The summed E-state index contributed by atoms with van der Waals surface area (Å²) in [6.07, 6.45) is 2.96. The second-order valence-electron chi connectivity index (χ2n) is 9.46. The van der Waals surface area contributed by atoms with Crippen LogP contribution in [-0.2, 0) is 4.74 Å². The molecule has 0 saturated carbocycles. The van der Waals surface area contributed by atoms with Crippen molar-refractivity contribution in [2.45, 2.75) is 71.2 Å². The predicted molar refractivity (Wildman–Crippen MR) is 123 cm³/mol. The summed E-state index contributed by atoms with van der Waals surface area (Å²) in [4.78, 5) is 14.4. The molecular formula is C24H31N5O3. The number of nitrogens with two attached hydrogens (primary N) is 1. The normalized spacial score (nSPS) is 18.5. The average Bonchev–Trinajstić information content (AvgIpc) is 3.12. The Morgan fingerprint density at radius 1 is 1.12 bits per heavy atom. The number of hydrogen-bond donors (Lipinski definition) is 1. The maximum absolute atomic E-state index is 12.9. The lowest BCUT2D eigenvalue weighted by atomic mass is 9.86. The molecule has 0 bridgehead atoms. The largest absolute Gasteiger partial charge is 0.484 e. The fourth-order valence-corrected chi connectivity index (χ4v) is 4.00. The molecule has 0 aliphatic heterocycles. The van der Waals surface area contributed by atoms with E-state index in [4.69, 9.17) is 15.2 Å². The topological polar surface area (TPSA) is 95.0 Å². The third-order valence-corrected chi connectivity index (χ3v) is 5.44. The van der Waals surface area contributed by atoms with Crippen LogP contribution in [0, 0.1) is 0 Å². The van der Waals surface area contributed by atoms with Crippen molar-refractivity contribution in [2.75, 3.05) is 4.90 Å². The van der Waals surface area contributed by atoms with Gasteiger partial charge in [-0.3, -0.25) is 4.40 Å². The molecule has 170 valence electrons. The first-order valence-corrected chi connectivity index (χ1v) is 11.0. The molecule has 1 aliphatic carbocycles. The average molecular weight is 438 g/mol. The lowest BCUT2D eigenvalue weighted by molar-refractivity contribution is 0.0567. The molecular weight excluding hydrogens is 406 g/mol. The summed E-state index contributed by atoms with van der Waals surface area (Å²) < 4.78 is 13.7. The van der Waals surface area contributed by atoms with E-state index >= 15 is 0 Å². The standard InChI is InChI=1S/C24H31N5O3/c1-15(2)29(23(30)32-24(3,4)5)22-27-26-21-13-10-16(14-28(21)22)31-20-12-11-19(25)17-8-6-7-9-18(17)20/h6-10,13-15,19-20H,11-12,25H2,1-5H3/t19-,20?/m0/s1. The predicted octanol–water partition coefficient (Wildman–Crippen LogP) is 4.79. The second-order valence-corrected chi connectivity index (χ2v) is 9.46. The van der Waals surface area contributed by atoms with Gasteiger partial charge in [-0.05, 0) is 70.7 Å². The first-order valence-electron chi connectivity index (χ1n) is 11.0. The van der Waals surface area contributed by atoms with E-state index in [1.807, 2.05) is 65.1 Å². The molecule has 2 N–H and O–H groups in total. The van der Waals surface area contributed by atoms with Gasteiger partial charge in [-0.1, -0.05) is 24.3 Å². The number of hydrogen-bond acceptors (Lipinski definition) is 6. The molecule has 0 spiro atoms. The molecule has 2 aromatic heterocycles. The molecule has 8 heteroatoms. The van der Waals surface area contributed by atoms with Crippen LogP contribution in [0.15, 0.2) is 42.6 Å². The highest BCUT2D eigenvalue weighted by atomic mass is 16.6. The van der Waals surface area contributed by atoms with Crippen LogP contribution in [-0.4, -0.2) is 32.3 Å². The van der Waals surface area contributed by atoms with Crippen LogP contribution in [0.2, 0.25) is 0 Å². The van der Waals surface area contributed by atoms with Crippen LogP contribution in [0.5, 0.6) is 5.75 Å². The molecule has 2 atom stereocenters. The van der Waals surface area contributed by atoms with Gasteiger partial charge in [0.2, 0.25) is 5.95 Å². The van der Waals surface area contributed by atoms with Gasteiger partial charge < -0.3 is 15.2 Å².